The first kappa shape index (κ1) is 12.5. The molecule has 0 spiro atoms. The molecule has 2 aromatic rings. The van der Waals surface area contributed by atoms with Crippen LogP contribution in [-0.2, 0) is 5.75 Å². The molecule has 0 bridgehead atoms. The van der Waals surface area contributed by atoms with Gasteiger partial charge in [-0.15, -0.1) is 11.8 Å². The quantitative estimate of drug-likeness (QED) is 0.659. The summed E-state index contributed by atoms with van der Waals surface area (Å²) in [5.74, 6) is -0.210. The second-order valence-corrected chi connectivity index (χ2v) is 4.59. The van der Waals surface area contributed by atoms with E-state index in [2.05, 4.69) is 0 Å². The van der Waals surface area contributed by atoms with E-state index in [0.717, 1.165) is 6.26 Å². The van der Waals surface area contributed by atoms with Gasteiger partial charge in [0.2, 0.25) is 5.43 Å². The molecule has 0 atom stereocenters. The van der Waals surface area contributed by atoms with E-state index in [1.165, 1.54) is 23.9 Å². The Labute approximate surface area is 106 Å². The highest BCUT2D eigenvalue weighted by atomic mass is 32.2. The van der Waals surface area contributed by atoms with Gasteiger partial charge in [-0.05, 0) is 18.2 Å². The third kappa shape index (κ3) is 2.84. The number of rotatable bonds is 3. The molecule has 0 radical (unpaired) electrons. The van der Waals surface area contributed by atoms with E-state index < -0.39 is 17.0 Å². The Morgan fingerprint density at radius 1 is 1.39 bits per heavy atom. The minimum absolute atomic E-state index is 0.288. The average Bonchev–Trinajstić information content (AvgIpc) is 2.32. The maximum absolute atomic E-state index is 13.5. The van der Waals surface area contributed by atoms with Crippen LogP contribution in [0.15, 0.2) is 44.6 Å². The van der Waals surface area contributed by atoms with Gasteiger partial charge in [0.15, 0.2) is 5.75 Å². The summed E-state index contributed by atoms with van der Waals surface area (Å²) in [6.07, 6.45) is 0.970. The van der Waals surface area contributed by atoms with Crippen LogP contribution in [0.5, 0.6) is 5.75 Å². The van der Waals surface area contributed by atoms with Gasteiger partial charge in [-0.2, -0.15) is 0 Å². The Bertz CT molecular complexity index is 627. The van der Waals surface area contributed by atoms with Gasteiger partial charge in [0.25, 0.3) is 0 Å². The lowest BCUT2D eigenvalue weighted by molar-refractivity contribution is 0.419. The number of thioether (sulfide) groups is 1. The second kappa shape index (κ2) is 5.14. The zero-order valence-electron chi connectivity index (χ0n) is 9.22. The van der Waals surface area contributed by atoms with Gasteiger partial charge in [-0.25, -0.2) is 4.39 Å². The van der Waals surface area contributed by atoms with E-state index in [0.29, 0.717) is 16.3 Å². The highest BCUT2D eigenvalue weighted by molar-refractivity contribution is 7.98. The van der Waals surface area contributed by atoms with Crippen LogP contribution in [0.25, 0.3) is 0 Å². The summed E-state index contributed by atoms with van der Waals surface area (Å²) in [5.41, 5.74) is 5.27. The van der Waals surface area contributed by atoms with Crippen molar-refractivity contribution in [1.29, 1.82) is 0 Å². The van der Waals surface area contributed by atoms with Crippen molar-refractivity contribution in [2.45, 2.75) is 10.6 Å². The Hall–Kier alpha value is -1.95. The smallest absolute Gasteiger partial charge is 0.226 e. The number of anilines is 1. The third-order valence-electron chi connectivity index (χ3n) is 2.19. The summed E-state index contributed by atoms with van der Waals surface area (Å²) in [5, 5.41) is 9.02. The van der Waals surface area contributed by atoms with Crippen molar-refractivity contribution in [3.8, 4) is 5.75 Å². The van der Waals surface area contributed by atoms with E-state index in [1.807, 2.05) is 0 Å². The molecule has 18 heavy (non-hydrogen) atoms. The Morgan fingerprint density at radius 2 is 2.17 bits per heavy atom. The molecule has 0 amide bonds. The standard InChI is InChI=1S/C12H10FNO3S/c13-9-3-7(14)1-2-12(9)18-6-8-4-10(15)11(16)5-17-8/h1-5,16H,6,14H2. The Balaban J connectivity index is 2.11. The van der Waals surface area contributed by atoms with E-state index in [-0.39, 0.29) is 5.75 Å². The molecule has 6 heteroatoms. The van der Waals surface area contributed by atoms with Crippen molar-refractivity contribution >= 4 is 17.4 Å². The van der Waals surface area contributed by atoms with Crippen LogP contribution in [0.2, 0.25) is 0 Å². The highest BCUT2D eigenvalue weighted by Gasteiger charge is 2.06. The lowest BCUT2D eigenvalue weighted by atomic mass is 10.3. The normalized spacial score (nSPS) is 10.5. The van der Waals surface area contributed by atoms with E-state index >= 15 is 0 Å². The van der Waals surface area contributed by atoms with Crippen LogP contribution >= 0.6 is 11.8 Å². The summed E-state index contributed by atoms with van der Waals surface area (Å²) in [6.45, 7) is 0. The summed E-state index contributed by atoms with van der Waals surface area (Å²) < 4.78 is 18.5. The van der Waals surface area contributed by atoms with Crippen LogP contribution in [0, 0.1) is 5.82 Å². The van der Waals surface area contributed by atoms with Gasteiger partial charge in [-0.3, -0.25) is 4.79 Å². The van der Waals surface area contributed by atoms with Crippen LogP contribution in [-0.4, -0.2) is 5.11 Å². The predicted octanol–water partition coefficient (Wildman–Crippen LogP) is 2.36. The topological polar surface area (TPSA) is 76.5 Å². The molecule has 94 valence electrons. The molecule has 3 N–H and O–H groups in total. The fourth-order valence-electron chi connectivity index (χ4n) is 1.30. The van der Waals surface area contributed by atoms with Crippen LogP contribution in [0.1, 0.15) is 5.76 Å². The SMILES string of the molecule is Nc1ccc(SCc2cc(=O)c(O)co2)c(F)c1. The predicted molar refractivity (Wildman–Crippen MR) is 67.0 cm³/mol. The minimum Gasteiger partial charge on any atom is -0.502 e. The van der Waals surface area contributed by atoms with Gasteiger partial charge >= 0.3 is 0 Å². The van der Waals surface area contributed by atoms with Crippen molar-refractivity contribution in [3.63, 3.8) is 0 Å². The van der Waals surface area contributed by atoms with Crippen molar-refractivity contribution in [2.75, 3.05) is 5.73 Å². The molecule has 0 aliphatic heterocycles. The van der Waals surface area contributed by atoms with Gasteiger partial charge in [0.1, 0.15) is 17.8 Å². The largest absolute Gasteiger partial charge is 0.502 e. The summed E-state index contributed by atoms with van der Waals surface area (Å²) >= 11 is 1.18. The number of nitrogens with two attached hydrogens (primary N) is 1. The third-order valence-corrected chi connectivity index (χ3v) is 3.26. The fraction of sp³-hybridized carbons (Fsp3) is 0.0833. The zero-order valence-corrected chi connectivity index (χ0v) is 10.0. The number of hydrogen-bond acceptors (Lipinski definition) is 5. The fourth-order valence-corrected chi connectivity index (χ4v) is 2.11. The summed E-state index contributed by atoms with van der Waals surface area (Å²) in [4.78, 5) is 11.6. The average molecular weight is 267 g/mol. The Kier molecular flexibility index (Phi) is 3.57. The molecule has 0 aliphatic rings. The van der Waals surface area contributed by atoms with Gasteiger partial charge in [0.05, 0.1) is 5.75 Å². The molecular weight excluding hydrogens is 257 g/mol. The van der Waals surface area contributed by atoms with Crippen molar-refractivity contribution in [1.82, 2.24) is 0 Å². The lowest BCUT2D eigenvalue weighted by Gasteiger charge is -2.03. The molecule has 0 unspecified atom stereocenters. The molecule has 2 rings (SSSR count). The number of hydrogen-bond donors (Lipinski definition) is 2. The second-order valence-electron chi connectivity index (χ2n) is 3.57. The number of benzene rings is 1. The number of aromatic hydroxyl groups is 1. The summed E-state index contributed by atoms with van der Waals surface area (Å²) in [7, 11) is 0. The summed E-state index contributed by atoms with van der Waals surface area (Å²) in [6, 6.07) is 5.57. The van der Waals surface area contributed by atoms with Gasteiger partial charge < -0.3 is 15.3 Å². The molecule has 1 aromatic carbocycles. The molecule has 0 fully saturated rings. The minimum atomic E-state index is -0.519. The maximum atomic E-state index is 13.5. The van der Waals surface area contributed by atoms with Gasteiger partial charge in [-0.1, -0.05) is 0 Å². The van der Waals surface area contributed by atoms with E-state index in [1.54, 1.807) is 12.1 Å². The molecule has 0 aliphatic carbocycles. The molecule has 1 aromatic heterocycles. The molecule has 4 nitrogen and oxygen atoms in total. The lowest BCUT2D eigenvalue weighted by Crippen LogP contribution is -1.99. The molecule has 0 saturated heterocycles. The highest BCUT2D eigenvalue weighted by Crippen LogP contribution is 2.26. The van der Waals surface area contributed by atoms with Crippen molar-refractivity contribution in [3.05, 3.63) is 52.3 Å². The molecule has 1 heterocycles. The first-order valence-corrected chi connectivity index (χ1v) is 6.03. The van der Waals surface area contributed by atoms with Crippen molar-refractivity contribution < 1.29 is 13.9 Å². The monoisotopic (exact) mass is 267 g/mol. The Morgan fingerprint density at radius 3 is 2.83 bits per heavy atom. The van der Waals surface area contributed by atoms with Gasteiger partial charge in [0, 0.05) is 16.6 Å². The maximum Gasteiger partial charge on any atom is 0.226 e. The number of halogens is 1. The van der Waals surface area contributed by atoms with E-state index in [4.69, 9.17) is 15.3 Å². The van der Waals surface area contributed by atoms with Crippen LogP contribution < -0.4 is 11.2 Å². The van der Waals surface area contributed by atoms with Crippen LogP contribution in [0.3, 0.4) is 0 Å². The molecule has 0 saturated carbocycles. The first-order chi connectivity index (χ1) is 8.56. The van der Waals surface area contributed by atoms with Crippen LogP contribution in [0.4, 0.5) is 10.1 Å². The number of nitrogen functional groups attached to an aromatic ring is 1. The molecular formula is C12H10FNO3S. The first-order valence-electron chi connectivity index (χ1n) is 5.05. The van der Waals surface area contributed by atoms with E-state index in [9.17, 15) is 9.18 Å². The van der Waals surface area contributed by atoms with Crippen molar-refractivity contribution in [2.24, 2.45) is 0 Å². The zero-order chi connectivity index (χ0) is 13.1.